The van der Waals surface area contributed by atoms with Gasteiger partial charge in [-0.15, -0.1) is 0 Å². The summed E-state index contributed by atoms with van der Waals surface area (Å²) < 4.78 is 37.4. The molecule has 4 rings (SSSR count). The van der Waals surface area contributed by atoms with E-state index >= 15 is 0 Å². The molecule has 136 valence electrons. The van der Waals surface area contributed by atoms with E-state index in [2.05, 4.69) is 10.1 Å². The van der Waals surface area contributed by atoms with Crippen LogP contribution in [-0.4, -0.2) is 43.1 Å². The van der Waals surface area contributed by atoms with Gasteiger partial charge in [0.1, 0.15) is 5.75 Å². The fourth-order valence-corrected chi connectivity index (χ4v) is 5.11. The quantitative estimate of drug-likeness (QED) is 0.665. The molecule has 0 saturated carbocycles. The summed E-state index contributed by atoms with van der Waals surface area (Å²) in [5.74, 6) is 1.60. The van der Waals surface area contributed by atoms with Crippen molar-refractivity contribution in [2.75, 3.05) is 20.2 Å². The van der Waals surface area contributed by atoms with Crippen LogP contribution in [0, 0.1) is 6.92 Å². The maximum atomic E-state index is 12.8. The molecule has 0 N–H and O–H groups in total. The SMILES string of the molecule is COc1ccc(S(=O)(=O)N2CC(c3nc(-c4ccsc4)no3)C2)cc1C. The summed E-state index contributed by atoms with van der Waals surface area (Å²) in [5, 5.41) is 7.86. The van der Waals surface area contributed by atoms with Crippen LogP contribution in [0.2, 0.25) is 0 Å². The lowest BCUT2D eigenvalue weighted by molar-refractivity contribution is 0.217. The van der Waals surface area contributed by atoms with Crippen LogP contribution in [0.25, 0.3) is 11.4 Å². The van der Waals surface area contributed by atoms with Crippen LogP contribution in [0.15, 0.2) is 44.4 Å². The van der Waals surface area contributed by atoms with Crippen molar-refractivity contribution < 1.29 is 17.7 Å². The predicted molar refractivity (Wildman–Crippen MR) is 96.8 cm³/mol. The minimum absolute atomic E-state index is 0.0796. The Hall–Kier alpha value is -2.23. The average molecular weight is 391 g/mol. The minimum atomic E-state index is -3.54. The lowest BCUT2D eigenvalue weighted by atomic mass is 10.0. The third-order valence-corrected chi connectivity index (χ3v) is 6.93. The van der Waals surface area contributed by atoms with Crippen molar-refractivity contribution in [3.05, 3.63) is 46.5 Å². The molecule has 0 unspecified atom stereocenters. The molecule has 3 aromatic rings. The van der Waals surface area contributed by atoms with Crippen molar-refractivity contribution >= 4 is 21.4 Å². The molecule has 0 aliphatic carbocycles. The zero-order valence-corrected chi connectivity index (χ0v) is 15.9. The van der Waals surface area contributed by atoms with Crippen LogP contribution in [0.3, 0.4) is 0 Å². The molecule has 0 atom stereocenters. The molecule has 0 bridgehead atoms. The molecule has 1 fully saturated rings. The van der Waals surface area contributed by atoms with Crippen molar-refractivity contribution in [3.63, 3.8) is 0 Å². The maximum Gasteiger partial charge on any atom is 0.243 e. The van der Waals surface area contributed by atoms with E-state index in [0.717, 1.165) is 11.1 Å². The number of sulfonamides is 1. The molecule has 1 aromatic carbocycles. The number of methoxy groups -OCH3 is 1. The Kier molecular flexibility index (Phi) is 4.29. The first-order valence-corrected chi connectivity index (χ1v) is 10.4. The Morgan fingerprint density at radius 2 is 2.12 bits per heavy atom. The van der Waals surface area contributed by atoms with E-state index in [4.69, 9.17) is 9.26 Å². The Labute approximate surface area is 155 Å². The summed E-state index contributed by atoms with van der Waals surface area (Å²) in [4.78, 5) is 4.65. The number of hydrogen-bond donors (Lipinski definition) is 0. The zero-order valence-electron chi connectivity index (χ0n) is 14.2. The van der Waals surface area contributed by atoms with Gasteiger partial charge in [0.15, 0.2) is 0 Å². The van der Waals surface area contributed by atoms with Crippen LogP contribution in [0.5, 0.6) is 5.75 Å². The molecule has 1 saturated heterocycles. The number of nitrogens with zero attached hydrogens (tertiary/aromatic N) is 3. The van der Waals surface area contributed by atoms with E-state index in [1.54, 1.807) is 36.6 Å². The molecule has 1 aliphatic rings. The highest BCUT2D eigenvalue weighted by Gasteiger charge is 2.40. The van der Waals surface area contributed by atoms with Gasteiger partial charge in [-0.3, -0.25) is 0 Å². The van der Waals surface area contributed by atoms with Gasteiger partial charge < -0.3 is 9.26 Å². The highest BCUT2D eigenvalue weighted by molar-refractivity contribution is 7.89. The molecule has 1 aliphatic heterocycles. The zero-order chi connectivity index (χ0) is 18.3. The molecule has 0 amide bonds. The van der Waals surface area contributed by atoms with Gasteiger partial charge in [-0.05, 0) is 42.1 Å². The van der Waals surface area contributed by atoms with Gasteiger partial charge in [-0.25, -0.2) is 8.42 Å². The van der Waals surface area contributed by atoms with Crippen LogP contribution < -0.4 is 4.74 Å². The second-order valence-electron chi connectivity index (χ2n) is 6.12. The number of thiophene rings is 1. The third-order valence-electron chi connectivity index (χ3n) is 4.42. The van der Waals surface area contributed by atoms with E-state index in [9.17, 15) is 8.42 Å². The Balaban J connectivity index is 1.48. The van der Waals surface area contributed by atoms with Gasteiger partial charge in [0.2, 0.25) is 21.7 Å². The monoisotopic (exact) mass is 391 g/mol. The number of aryl methyl sites for hydroxylation is 1. The third kappa shape index (κ3) is 2.91. The molecule has 3 heterocycles. The van der Waals surface area contributed by atoms with Crippen molar-refractivity contribution in [1.82, 2.24) is 14.4 Å². The largest absolute Gasteiger partial charge is 0.496 e. The average Bonchev–Trinajstić information content (AvgIpc) is 3.24. The van der Waals surface area contributed by atoms with E-state index in [0.29, 0.717) is 30.6 Å². The topological polar surface area (TPSA) is 85.5 Å². The molecule has 2 aromatic heterocycles. The molecule has 26 heavy (non-hydrogen) atoms. The van der Waals surface area contributed by atoms with Gasteiger partial charge >= 0.3 is 0 Å². The van der Waals surface area contributed by atoms with Crippen LogP contribution in [0.4, 0.5) is 0 Å². The second kappa shape index (κ2) is 6.49. The molecule has 0 spiro atoms. The maximum absolute atomic E-state index is 12.8. The van der Waals surface area contributed by atoms with Crippen LogP contribution >= 0.6 is 11.3 Å². The van der Waals surface area contributed by atoms with Crippen molar-refractivity contribution in [2.24, 2.45) is 0 Å². The summed E-state index contributed by atoms with van der Waals surface area (Å²) in [6.07, 6.45) is 0. The fourth-order valence-electron chi connectivity index (χ4n) is 2.86. The smallest absolute Gasteiger partial charge is 0.243 e. The standard InChI is InChI=1S/C17H17N3O4S2/c1-11-7-14(3-4-15(11)23-2)26(21,22)20-8-13(9-20)17-18-16(19-24-17)12-5-6-25-10-12/h3-7,10,13H,8-9H2,1-2H3. The molecular formula is C17H17N3O4S2. The minimum Gasteiger partial charge on any atom is -0.496 e. The molecule has 9 heteroatoms. The van der Waals surface area contributed by atoms with Crippen molar-refractivity contribution in [2.45, 2.75) is 17.7 Å². The highest BCUT2D eigenvalue weighted by Crippen LogP contribution is 2.33. The normalized spacial score (nSPS) is 15.8. The van der Waals surface area contributed by atoms with Crippen LogP contribution in [-0.2, 0) is 10.0 Å². The first kappa shape index (κ1) is 17.2. The Morgan fingerprint density at radius 1 is 1.31 bits per heavy atom. The number of ether oxygens (including phenoxy) is 1. The summed E-state index contributed by atoms with van der Waals surface area (Å²) in [5.41, 5.74) is 1.69. The Bertz CT molecular complexity index is 1020. The van der Waals surface area contributed by atoms with E-state index in [1.165, 1.54) is 4.31 Å². The van der Waals surface area contributed by atoms with Crippen molar-refractivity contribution in [1.29, 1.82) is 0 Å². The van der Waals surface area contributed by atoms with E-state index in [-0.39, 0.29) is 10.8 Å². The second-order valence-corrected chi connectivity index (χ2v) is 8.84. The lowest BCUT2D eigenvalue weighted by Gasteiger charge is -2.35. The van der Waals surface area contributed by atoms with Gasteiger partial charge in [0.25, 0.3) is 0 Å². The van der Waals surface area contributed by atoms with Crippen LogP contribution in [0.1, 0.15) is 17.4 Å². The van der Waals surface area contributed by atoms with Crippen molar-refractivity contribution in [3.8, 4) is 17.1 Å². The van der Waals surface area contributed by atoms with Gasteiger partial charge in [0.05, 0.1) is 17.9 Å². The summed E-state index contributed by atoms with van der Waals surface area (Å²) in [7, 11) is -1.98. The lowest BCUT2D eigenvalue weighted by Crippen LogP contribution is -2.48. The summed E-state index contributed by atoms with van der Waals surface area (Å²) in [6.45, 7) is 2.48. The summed E-state index contributed by atoms with van der Waals surface area (Å²) >= 11 is 1.56. The highest BCUT2D eigenvalue weighted by atomic mass is 32.2. The summed E-state index contributed by atoms with van der Waals surface area (Å²) in [6, 6.07) is 6.78. The number of benzene rings is 1. The number of aromatic nitrogens is 2. The van der Waals surface area contributed by atoms with E-state index in [1.807, 2.05) is 23.8 Å². The molecular weight excluding hydrogens is 374 g/mol. The first-order chi connectivity index (χ1) is 12.5. The Morgan fingerprint density at radius 3 is 2.77 bits per heavy atom. The van der Waals surface area contributed by atoms with E-state index < -0.39 is 10.0 Å². The number of rotatable bonds is 5. The molecule has 7 nitrogen and oxygen atoms in total. The number of hydrogen-bond acceptors (Lipinski definition) is 7. The fraction of sp³-hybridized carbons (Fsp3) is 0.294. The van der Waals surface area contributed by atoms with Gasteiger partial charge in [0, 0.05) is 24.0 Å². The first-order valence-electron chi connectivity index (χ1n) is 8.00. The van der Waals surface area contributed by atoms with Gasteiger partial charge in [-0.2, -0.15) is 20.6 Å². The van der Waals surface area contributed by atoms with Gasteiger partial charge in [-0.1, -0.05) is 5.16 Å². The predicted octanol–water partition coefficient (Wildman–Crippen LogP) is 2.90. The molecule has 0 radical (unpaired) electrons.